The number of nitrogens with one attached hydrogen (secondary N) is 1. The maximum atomic E-state index is 5.73. The van der Waals surface area contributed by atoms with E-state index in [9.17, 15) is 0 Å². The van der Waals surface area contributed by atoms with E-state index in [1.54, 1.807) is 7.11 Å². The number of methoxy groups -OCH3 is 1. The van der Waals surface area contributed by atoms with Crippen LogP contribution in [0.3, 0.4) is 0 Å². The SMILES string of the molecule is CCCOc1cc(Br)c(CNCCCN2CCOCC2)cc1OC. The maximum Gasteiger partial charge on any atom is 0.162 e. The van der Waals surface area contributed by atoms with Crippen molar-refractivity contribution in [2.24, 2.45) is 0 Å². The van der Waals surface area contributed by atoms with Crippen LogP contribution in [0.15, 0.2) is 16.6 Å². The summed E-state index contributed by atoms with van der Waals surface area (Å²) in [5.74, 6) is 1.58. The van der Waals surface area contributed by atoms with Crippen molar-refractivity contribution in [1.29, 1.82) is 0 Å². The number of hydrogen-bond donors (Lipinski definition) is 1. The van der Waals surface area contributed by atoms with Crippen molar-refractivity contribution in [3.63, 3.8) is 0 Å². The fourth-order valence-electron chi connectivity index (χ4n) is 2.67. The van der Waals surface area contributed by atoms with E-state index >= 15 is 0 Å². The van der Waals surface area contributed by atoms with Crippen molar-refractivity contribution in [2.45, 2.75) is 26.3 Å². The van der Waals surface area contributed by atoms with Crippen molar-refractivity contribution in [3.8, 4) is 11.5 Å². The van der Waals surface area contributed by atoms with E-state index in [4.69, 9.17) is 14.2 Å². The summed E-state index contributed by atoms with van der Waals surface area (Å²) in [7, 11) is 1.68. The first-order valence-electron chi connectivity index (χ1n) is 8.74. The molecule has 5 nitrogen and oxygen atoms in total. The van der Waals surface area contributed by atoms with Crippen molar-refractivity contribution < 1.29 is 14.2 Å². The number of hydrogen-bond acceptors (Lipinski definition) is 5. The lowest BCUT2D eigenvalue weighted by molar-refractivity contribution is 0.0374. The Hall–Kier alpha value is -0.820. The number of ether oxygens (including phenoxy) is 3. The molecule has 1 N–H and O–H groups in total. The van der Waals surface area contributed by atoms with E-state index < -0.39 is 0 Å². The molecule has 1 aromatic rings. The summed E-state index contributed by atoms with van der Waals surface area (Å²) >= 11 is 3.64. The van der Waals surface area contributed by atoms with E-state index in [1.807, 2.05) is 12.1 Å². The molecule has 0 aromatic heterocycles. The summed E-state index contributed by atoms with van der Waals surface area (Å²) < 4.78 is 17.6. The van der Waals surface area contributed by atoms with Gasteiger partial charge < -0.3 is 19.5 Å². The van der Waals surface area contributed by atoms with Crippen LogP contribution in [0.1, 0.15) is 25.3 Å². The fraction of sp³-hybridized carbons (Fsp3) is 0.667. The van der Waals surface area contributed by atoms with Crippen LogP contribution in [-0.4, -0.2) is 58.0 Å². The second-order valence-corrected chi connectivity index (χ2v) is 6.78. The monoisotopic (exact) mass is 400 g/mol. The molecule has 0 amide bonds. The highest BCUT2D eigenvalue weighted by atomic mass is 79.9. The molecular weight excluding hydrogens is 372 g/mol. The molecule has 0 atom stereocenters. The molecule has 0 unspecified atom stereocenters. The Kier molecular flexibility index (Phi) is 8.88. The molecule has 2 rings (SSSR count). The van der Waals surface area contributed by atoms with Crippen LogP contribution in [0, 0.1) is 0 Å². The molecule has 0 bridgehead atoms. The van der Waals surface area contributed by atoms with Crippen molar-refractivity contribution >= 4 is 15.9 Å². The van der Waals surface area contributed by atoms with Crippen LogP contribution in [0.25, 0.3) is 0 Å². The van der Waals surface area contributed by atoms with E-state index in [1.165, 1.54) is 5.56 Å². The van der Waals surface area contributed by atoms with E-state index in [-0.39, 0.29) is 0 Å². The third kappa shape index (κ3) is 6.24. The van der Waals surface area contributed by atoms with Crippen LogP contribution in [-0.2, 0) is 11.3 Å². The minimum absolute atomic E-state index is 0.696. The van der Waals surface area contributed by atoms with E-state index in [0.717, 1.165) is 74.8 Å². The van der Waals surface area contributed by atoms with Gasteiger partial charge in [-0.25, -0.2) is 0 Å². The Labute approximate surface area is 153 Å². The first-order chi connectivity index (χ1) is 11.7. The zero-order valence-electron chi connectivity index (χ0n) is 14.8. The molecule has 0 aliphatic carbocycles. The van der Waals surface area contributed by atoms with Gasteiger partial charge in [-0.05, 0) is 43.6 Å². The second-order valence-electron chi connectivity index (χ2n) is 5.93. The first-order valence-corrected chi connectivity index (χ1v) is 9.54. The van der Waals surface area contributed by atoms with Crippen molar-refractivity contribution in [2.75, 3.05) is 53.1 Å². The molecule has 1 aromatic carbocycles. The third-order valence-electron chi connectivity index (χ3n) is 4.04. The summed E-state index contributed by atoms with van der Waals surface area (Å²) in [5.41, 5.74) is 1.18. The molecule has 6 heteroatoms. The molecule has 1 aliphatic rings. The zero-order chi connectivity index (χ0) is 17.2. The van der Waals surface area contributed by atoms with Gasteiger partial charge in [0.1, 0.15) is 0 Å². The normalized spacial score (nSPS) is 15.5. The zero-order valence-corrected chi connectivity index (χ0v) is 16.4. The van der Waals surface area contributed by atoms with Gasteiger partial charge in [0, 0.05) is 24.1 Å². The Morgan fingerprint density at radius 3 is 2.75 bits per heavy atom. The van der Waals surface area contributed by atoms with Gasteiger partial charge in [0.25, 0.3) is 0 Å². The average Bonchev–Trinajstić information content (AvgIpc) is 2.61. The highest BCUT2D eigenvalue weighted by molar-refractivity contribution is 9.10. The predicted octanol–water partition coefficient (Wildman–Crippen LogP) is 3.06. The number of nitrogens with zero attached hydrogens (tertiary/aromatic N) is 1. The van der Waals surface area contributed by atoms with Crippen LogP contribution in [0.4, 0.5) is 0 Å². The third-order valence-corrected chi connectivity index (χ3v) is 4.78. The molecule has 0 spiro atoms. The summed E-state index contributed by atoms with van der Waals surface area (Å²) in [5, 5.41) is 3.51. The van der Waals surface area contributed by atoms with Crippen molar-refractivity contribution in [1.82, 2.24) is 10.2 Å². The standard InChI is InChI=1S/C18H29BrN2O3/c1-3-9-24-18-13-16(19)15(12-17(18)22-2)14-20-5-4-6-21-7-10-23-11-8-21/h12-13,20H,3-11,14H2,1-2H3. The lowest BCUT2D eigenvalue weighted by atomic mass is 10.2. The summed E-state index contributed by atoms with van der Waals surface area (Å²) in [6, 6.07) is 4.04. The van der Waals surface area contributed by atoms with E-state index in [0.29, 0.717) is 6.61 Å². The topological polar surface area (TPSA) is 43.0 Å². The number of benzene rings is 1. The smallest absolute Gasteiger partial charge is 0.162 e. The van der Waals surface area contributed by atoms with Gasteiger partial charge >= 0.3 is 0 Å². The van der Waals surface area contributed by atoms with Crippen molar-refractivity contribution in [3.05, 3.63) is 22.2 Å². The lowest BCUT2D eigenvalue weighted by Crippen LogP contribution is -2.37. The molecule has 1 aliphatic heterocycles. The molecule has 136 valence electrons. The fourth-order valence-corrected chi connectivity index (χ4v) is 3.14. The minimum Gasteiger partial charge on any atom is -0.493 e. The first kappa shape index (κ1) is 19.5. The van der Waals surface area contributed by atoms with Gasteiger partial charge in [0.05, 0.1) is 26.9 Å². The molecule has 0 radical (unpaired) electrons. The van der Waals surface area contributed by atoms with Gasteiger partial charge in [-0.1, -0.05) is 22.9 Å². The van der Waals surface area contributed by atoms with Gasteiger partial charge in [0.2, 0.25) is 0 Å². The minimum atomic E-state index is 0.696. The van der Waals surface area contributed by atoms with Crippen LogP contribution in [0.2, 0.25) is 0 Å². The number of halogens is 1. The second kappa shape index (κ2) is 10.9. The summed E-state index contributed by atoms with van der Waals surface area (Å²) in [6.45, 7) is 9.58. The predicted molar refractivity (Wildman–Crippen MR) is 100 cm³/mol. The van der Waals surface area contributed by atoms with Gasteiger partial charge in [-0.3, -0.25) is 4.90 Å². The highest BCUT2D eigenvalue weighted by Gasteiger charge is 2.11. The summed E-state index contributed by atoms with van der Waals surface area (Å²) in [4.78, 5) is 2.46. The van der Waals surface area contributed by atoms with E-state index in [2.05, 4.69) is 33.1 Å². The molecule has 1 fully saturated rings. The molecule has 1 heterocycles. The van der Waals surface area contributed by atoms with Crippen LogP contribution in [0.5, 0.6) is 11.5 Å². The molecule has 1 saturated heterocycles. The quantitative estimate of drug-likeness (QED) is 0.611. The highest BCUT2D eigenvalue weighted by Crippen LogP contribution is 2.33. The van der Waals surface area contributed by atoms with Gasteiger partial charge in [0.15, 0.2) is 11.5 Å². The maximum absolute atomic E-state index is 5.73. The summed E-state index contributed by atoms with van der Waals surface area (Å²) in [6.07, 6.45) is 2.12. The Bertz CT molecular complexity index is 493. The molecule has 0 saturated carbocycles. The molecule has 24 heavy (non-hydrogen) atoms. The van der Waals surface area contributed by atoms with Crippen LogP contribution >= 0.6 is 15.9 Å². The average molecular weight is 401 g/mol. The molecular formula is C18H29BrN2O3. The lowest BCUT2D eigenvalue weighted by Gasteiger charge is -2.26. The van der Waals surface area contributed by atoms with Crippen LogP contribution < -0.4 is 14.8 Å². The number of rotatable bonds is 10. The van der Waals surface area contributed by atoms with Gasteiger partial charge in [-0.2, -0.15) is 0 Å². The Balaban J connectivity index is 1.76. The Morgan fingerprint density at radius 2 is 2.04 bits per heavy atom. The Morgan fingerprint density at radius 1 is 1.25 bits per heavy atom. The van der Waals surface area contributed by atoms with Gasteiger partial charge in [-0.15, -0.1) is 0 Å². The number of morpholine rings is 1. The largest absolute Gasteiger partial charge is 0.493 e.